The number of benzene rings is 2. The molecule has 2 aromatic carbocycles. The third kappa shape index (κ3) is 5.08. The van der Waals surface area contributed by atoms with Crippen molar-refractivity contribution in [1.29, 1.82) is 0 Å². The second kappa shape index (κ2) is 10.1. The summed E-state index contributed by atoms with van der Waals surface area (Å²) >= 11 is 8.30. The maximum Gasteiger partial charge on any atom is 0.194 e. The van der Waals surface area contributed by atoms with Crippen LogP contribution in [0.25, 0.3) is 0 Å². The molecule has 29 heavy (non-hydrogen) atoms. The fraction of sp³-hybridized carbons (Fsp3) is 0.250. The molecule has 5 heteroatoms. The Bertz CT molecular complexity index is 974. The van der Waals surface area contributed by atoms with Gasteiger partial charge in [0.1, 0.15) is 0 Å². The van der Waals surface area contributed by atoms with Gasteiger partial charge in [0.2, 0.25) is 0 Å². The summed E-state index contributed by atoms with van der Waals surface area (Å²) in [6, 6.07) is 15.6. The minimum Gasteiger partial charge on any atom is -0.316 e. The molecule has 0 unspecified atom stereocenters. The van der Waals surface area contributed by atoms with Gasteiger partial charge in [-0.15, -0.1) is 11.8 Å². The Kier molecular flexibility index (Phi) is 7.48. The van der Waals surface area contributed by atoms with E-state index in [0.29, 0.717) is 11.1 Å². The van der Waals surface area contributed by atoms with E-state index in [0.717, 1.165) is 36.7 Å². The molecule has 4 rings (SSSR count). The van der Waals surface area contributed by atoms with Crippen LogP contribution in [0.5, 0.6) is 0 Å². The van der Waals surface area contributed by atoms with Gasteiger partial charge in [0, 0.05) is 34.2 Å². The van der Waals surface area contributed by atoms with Crippen LogP contribution < -0.4 is 5.32 Å². The van der Waals surface area contributed by atoms with E-state index in [1.807, 2.05) is 30.3 Å². The normalized spacial score (nSPS) is 13.1. The van der Waals surface area contributed by atoms with Crippen LogP contribution in [0.2, 0.25) is 5.02 Å². The van der Waals surface area contributed by atoms with Crippen molar-refractivity contribution >= 4 is 29.1 Å². The van der Waals surface area contributed by atoms with Gasteiger partial charge in [0.15, 0.2) is 5.78 Å². The van der Waals surface area contributed by atoms with Crippen LogP contribution in [0, 0.1) is 0 Å². The first-order chi connectivity index (χ1) is 13.7. The Hall–Kier alpha value is -2.14. The summed E-state index contributed by atoms with van der Waals surface area (Å²) in [5.41, 5.74) is 5.24. The molecule has 0 spiro atoms. The Morgan fingerprint density at radius 3 is 2.59 bits per heavy atom. The number of nitrogens with one attached hydrogen (secondary N) is 1. The number of aromatic nitrogens is 1. The van der Waals surface area contributed by atoms with E-state index >= 15 is 0 Å². The number of pyridine rings is 1. The highest BCUT2D eigenvalue weighted by Crippen LogP contribution is 2.36. The van der Waals surface area contributed by atoms with E-state index in [4.69, 9.17) is 11.6 Å². The zero-order chi connectivity index (χ0) is 19.3. The third-order valence-corrected chi connectivity index (χ3v) is 6.62. The largest absolute Gasteiger partial charge is 0.316 e. The lowest BCUT2D eigenvalue weighted by molar-refractivity contribution is 0.103. The molecule has 0 fully saturated rings. The highest BCUT2D eigenvalue weighted by atomic mass is 35.5. The molecule has 3 nitrogen and oxygen atoms in total. The van der Waals surface area contributed by atoms with Gasteiger partial charge in [-0.3, -0.25) is 9.78 Å². The predicted octanol–water partition coefficient (Wildman–Crippen LogP) is 5.58. The number of rotatable bonds is 5. The van der Waals surface area contributed by atoms with Gasteiger partial charge in [0.05, 0.1) is 5.02 Å². The van der Waals surface area contributed by atoms with Crippen molar-refractivity contribution in [1.82, 2.24) is 10.3 Å². The van der Waals surface area contributed by atoms with Crippen molar-refractivity contribution in [3.8, 4) is 0 Å². The first-order valence-electron chi connectivity index (χ1n) is 9.40. The SMILES string of the molecule is C.O=C(c1ccc(CSc2c(Cl)ccc3c2CCNCC3)cc1)c1cccnc1. The van der Waals surface area contributed by atoms with Gasteiger partial charge >= 0.3 is 0 Å². The van der Waals surface area contributed by atoms with Crippen molar-refractivity contribution < 1.29 is 4.79 Å². The lowest BCUT2D eigenvalue weighted by Crippen LogP contribution is -2.16. The van der Waals surface area contributed by atoms with Crippen molar-refractivity contribution in [2.45, 2.75) is 30.9 Å². The molecule has 1 aliphatic heterocycles. The predicted molar refractivity (Wildman–Crippen MR) is 122 cm³/mol. The Morgan fingerprint density at radius 2 is 1.83 bits per heavy atom. The monoisotopic (exact) mass is 424 g/mol. The van der Waals surface area contributed by atoms with Crippen LogP contribution in [0.15, 0.2) is 65.8 Å². The number of fused-ring (bicyclic) bond motifs is 1. The quantitative estimate of drug-likeness (QED) is 0.428. The first-order valence-corrected chi connectivity index (χ1v) is 10.8. The summed E-state index contributed by atoms with van der Waals surface area (Å²) in [6.07, 6.45) is 5.33. The van der Waals surface area contributed by atoms with E-state index in [2.05, 4.69) is 16.4 Å². The minimum absolute atomic E-state index is 0. The Morgan fingerprint density at radius 1 is 1.03 bits per heavy atom. The van der Waals surface area contributed by atoms with E-state index in [9.17, 15) is 4.79 Å². The molecule has 0 amide bonds. The maximum atomic E-state index is 12.5. The van der Waals surface area contributed by atoms with Crippen molar-refractivity contribution in [2.24, 2.45) is 0 Å². The second-order valence-electron chi connectivity index (χ2n) is 6.82. The first kappa shape index (κ1) is 21.6. The lowest BCUT2D eigenvalue weighted by Gasteiger charge is -2.14. The van der Waals surface area contributed by atoms with Gasteiger partial charge in [-0.2, -0.15) is 0 Å². The van der Waals surface area contributed by atoms with E-state index < -0.39 is 0 Å². The molecule has 150 valence electrons. The highest BCUT2D eigenvalue weighted by molar-refractivity contribution is 7.98. The van der Waals surface area contributed by atoms with Crippen LogP contribution in [-0.2, 0) is 18.6 Å². The molecular weight excluding hydrogens is 400 g/mol. The Balaban J connectivity index is 0.00000240. The number of carbonyl (C=O) groups is 1. The van der Waals surface area contributed by atoms with E-state index in [-0.39, 0.29) is 13.2 Å². The van der Waals surface area contributed by atoms with Crippen LogP contribution in [0.3, 0.4) is 0 Å². The van der Waals surface area contributed by atoms with Crippen molar-refractivity contribution in [3.63, 3.8) is 0 Å². The number of ketones is 1. The van der Waals surface area contributed by atoms with Gasteiger partial charge in [-0.1, -0.05) is 49.4 Å². The summed E-state index contributed by atoms with van der Waals surface area (Å²) < 4.78 is 0. The number of carbonyl (C=O) groups excluding carboxylic acids is 1. The summed E-state index contributed by atoms with van der Waals surface area (Å²) in [6.45, 7) is 2.01. The molecule has 0 atom stereocenters. The Labute approximate surface area is 181 Å². The third-order valence-electron chi connectivity index (χ3n) is 4.96. The smallest absolute Gasteiger partial charge is 0.194 e. The van der Waals surface area contributed by atoms with Crippen molar-refractivity contribution in [3.05, 3.63) is 93.8 Å². The van der Waals surface area contributed by atoms with Crippen LogP contribution in [0.4, 0.5) is 0 Å². The summed E-state index contributed by atoms with van der Waals surface area (Å²) in [5, 5.41) is 4.28. The molecule has 0 bridgehead atoms. The number of thioether (sulfide) groups is 1. The van der Waals surface area contributed by atoms with E-state index in [1.54, 1.807) is 36.3 Å². The van der Waals surface area contributed by atoms with Gasteiger partial charge in [-0.25, -0.2) is 0 Å². The number of hydrogen-bond donors (Lipinski definition) is 1. The van der Waals surface area contributed by atoms with Gasteiger partial charge < -0.3 is 5.32 Å². The fourth-order valence-corrected chi connectivity index (χ4v) is 4.89. The van der Waals surface area contributed by atoms with Gasteiger partial charge in [-0.05, 0) is 60.8 Å². The fourth-order valence-electron chi connectivity index (χ4n) is 3.44. The summed E-state index contributed by atoms with van der Waals surface area (Å²) in [7, 11) is 0. The molecule has 1 aromatic heterocycles. The topological polar surface area (TPSA) is 42.0 Å². The molecule has 0 saturated carbocycles. The summed E-state index contributed by atoms with van der Waals surface area (Å²) in [4.78, 5) is 17.7. The highest BCUT2D eigenvalue weighted by Gasteiger charge is 2.15. The van der Waals surface area contributed by atoms with E-state index in [1.165, 1.54) is 21.6 Å². The molecule has 1 aliphatic rings. The second-order valence-corrected chi connectivity index (χ2v) is 8.21. The van der Waals surface area contributed by atoms with Crippen LogP contribution in [-0.4, -0.2) is 23.9 Å². The average molecular weight is 425 g/mol. The molecule has 0 saturated heterocycles. The van der Waals surface area contributed by atoms with Crippen LogP contribution >= 0.6 is 23.4 Å². The zero-order valence-electron chi connectivity index (χ0n) is 15.5. The van der Waals surface area contributed by atoms with Gasteiger partial charge in [0.25, 0.3) is 0 Å². The number of halogens is 1. The molecular formula is C24H25ClN2OS. The van der Waals surface area contributed by atoms with Crippen LogP contribution in [0.1, 0.15) is 40.0 Å². The summed E-state index contributed by atoms with van der Waals surface area (Å²) in [5.74, 6) is 0.821. The molecule has 1 N–H and O–H groups in total. The number of hydrogen-bond acceptors (Lipinski definition) is 4. The zero-order valence-corrected chi connectivity index (χ0v) is 17.0. The molecule has 2 heterocycles. The molecule has 0 aliphatic carbocycles. The number of nitrogens with zero attached hydrogens (tertiary/aromatic N) is 1. The lowest BCUT2D eigenvalue weighted by atomic mass is 10.0. The average Bonchev–Trinajstić information content (AvgIpc) is 2.99. The molecule has 0 radical (unpaired) electrons. The standard InChI is InChI=1S/C23H21ClN2OS.CH4/c24-21-8-7-17-9-12-25-13-10-20(17)23(21)28-15-16-3-5-18(6-4-16)22(27)19-2-1-11-26-14-19;/h1-8,11,14,25H,9-10,12-13,15H2;1H4. The maximum absolute atomic E-state index is 12.5. The minimum atomic E-state index is -0.00349. The molecule has 3 aromatic rings. The van der Waals surface area contributed by atoms with Crippen molar-refractivity contribution in [2.75, 3.05) is 13.1 Å².